The normalized spacial score (nSPS) is 11.9. The van der Waals surface area contributed by atoms with Crippen molar-refractivity contribution < 1.29 is 13.5 Å². The minimum Gasteiger partial charge on any atom is -0.490 e. The lowest BCUT2D eigenvalue weighted by molar-refractivity contribution is 0.279. The summed E-state index contributed by atoms with van der Waals surface area (Å²) in [5, 5.41) is 11.9. The number of benzene rings is 1. The first-order valence-electron chi connectivity index (χ1n) is 5.88. The number of rotatable bonds is 7. The maximum atomic E-state index is 13.2. The number of hydrogen-bond donors (Lipinski definition) is 1. The summed E-state index contributed by atoms with van der Waals surface area (Å²) < 4.78 is 31.2. The lowest BCUT2D eigenvalue weighted by Crippen LogP contribution is -2.29. The summed E-state index contributed by atoms with van der Waals surface area (Å²) in [6, 6.07) is 5.53. The van der Waals surface area contributed by atoms with Crippen molar-refractivity contribution in [2.75, 3.05) is 13.2 Å². The molecule has 1 unspecified atom stereocenters. The predicted molar refractivity (Wildman–Crippen MR) is 64.2 cm³/mol. The number of halogens is 2. The quantitative estimate of drug-likeness (QED) is 0.813. The molecule has 0 spiro atoms. The molecule has 0 heterocycles. The second-order valence-corrected chi connectivity index (χ2v) is 3.82. The largest absolute Gasteiger partial charge is 0.490 e. The molecule has 0 amide bonds. The van der Waals surface area contributed by atoms with Crippen molar-refractivity contribution in [1.29, 1.82) is 5.26 Å². The topological polar surface area (TPSA) is 45.0 Å². The van der Waals surface area contributed by atoms with Gasteiger partial charge in [-0.15, -0.1) is 0 Å². The van der Waals surface area contributed by atoms with Crippen LogP contribution in [0, 0.1) is 23.0 Å². The SMILES string of the molecule is CCCNC(C#N)CCOc1cccc(F)c1F. The molecule has 0 bridgehead atoms. The summed E-state index contributed by atoms with van der Waals surface area (Å²) in [7, 11) is 0. The highest BCUT2D eigenvalue weighted by Gasteiger charge is 2.10. The predicted octanol–water partition coefficient (Wildman–Crippen LogP) is 2.63. The lowest BCUT2D eigenvalue weighted by Gasteiger charge is -2.12. The van der Waals surface area contributed by atoms with Crippen LogP contribution in [0.1, 0.15) is 19.8 Å². The van der Waals surface area contributed by atoms with Crippen molar-refractivity contribution in [3.8, 4) is 11.8 Å². The molecule has 0 saturated carbocycles. The highest BCUT2D eigenvalue weighted by molar-refractivity contribution is 5.24. The minimum absolute atomic E-state index is 0.123. The van der Waals surface area contributed by atoms with Gasteiger partial charge >= 0.3 is 0 Å². The van der Waals surface area contributed by atoms with E-state index in [-0.39, 0.29) is 18.4 Å². The molecule has 1 aromatic carbocycles. The Hall–Kier alpha value is -1.67. The van der Waals surface area contributed by atoms with Crippen molar-refractivity contribution >= 4 is 0 Å². The van der Waals surface area contributed by atoms with Gasteiger partial charge in [-0.3, -0.25) is 0 Å². The molecule has 1 N–H and O–H groups in total. The monoisotopic (exact) mass is 254 g/mol. The van der Waals surface area contributed by atoms with Crippen LogP contribution in [-0.4, -0.2) is 19.2 Å². The summed E-state index contributed by atoms with van der Waals surface area (Å²) in [6.07, 6.45) is 1.35. The van der Waals surface area contributed by atoms with E-state index in [2.05, 4.69) is 11.4 Å². The van der Waals surface area contributed by atoms with Crippen molar-refractivity contribution in [3.05, 3.63) is 29.8 Å². The second kappa shape index (κ2) is 7.62. The smallest absolute Gasteiger partial charge is 0.200 e. The molecule has 1 rings (SSSR count). The summed E-state index contributed by atoms with van der Waals surface area (Å²) in [4.78, 5) is 0. The van der Waals surface area contributed by atoms with E-state index in [4.69, 9.17) is 10.00 Å². The van der Waals surface area contributed by atoms with Gasteiger partial charge in [-0.25, -0.2) is 4.39 Å². The molecule has 0 aliphatic heterocycles. The van der Waals surface area contributed by atoms with Crippen LogP contribution in [0.15, 0.2) is 18.2 Å². The molecule has 3 nitrogen and oxygen atoms in total. The van der Waals surface area contributed by atoms with Gasteiger partial charge in [-0.05, 0) is 25.1 Å². The molecule has 0 saturated heterocycles. The average molecular weight is 254 g/mol. The van der Waals surface area contributed by atoms with Gasteiger partial charge < -0.3 is 10.1 Å². The summed E-state index contributed by atoms with van der Waals surface area (Å²) in [5.41, 5.74) is 0. The molecular weight excluding hydrogens is 238 g/mol. The summed E-state index contributed by atoms with van der Waals surface area (Å²) >= 11 is 0. The first-order valence-corrected chi connectivity index (χ1v) is 5.88. The Labute approximate surface area is 105 Å². The number of hydrogen-bond acceptors (Lipinski definition) is 3. The van der Waals surface area contributed by atoms with Gasteiger partial charge in [0.05, 0.1) is 18.7 Å². The minimum atomic E-state index is -0.993. The molecule has 18 heavy (non-hydrogen) atoms. The third-order valence-electron chi connectivity index (χ3n) is 2.38. The Kier molecular flexibility index (Phi) is 6.09. The van der Waals surface area contributed by atoms with Crippen LogP contribution in [0.25, 0.3) is 0 Å². The van der Waals surface area contributed by atoms with Gasteiger partial charge in [0.1, 0.15) is 0 Å². The van der Waals surface area contributed by atoms with E-state index in [0.29, 0.717) is 6.42 Å². The fourth-order valence-electron chi connectivity index (χ4n) is 1.41. The van der Waals surface area contributed by atoms with Gasteiger partial charge in [0.15, 0.2) is 11.6 Å². The molecule has 1 atom stereocenters. The van der Waals surface area contributed by atoms with E-state index in [1.165, 1.54) is 12.1 Å². The van der Waals surface area contributed by atoms with Crippen molar-refractivity contribution in [2.24, 2.45) is 0 Å². The first-order chi connectivity index (χ1) is 8.69. The van der Waals surface area contributed by atoms with Crippen LogP contribution < -0.4 is 10.1 Å². The molecule has 0 fully saturated rings. The summed E-state index contributed by atoms with van der Waals surface area (Å²) in [5.74, 6) is -2.05. The molecule has 0 aliphatic rings. The molecule has 1 aromatic rings. The Morgan fingerprint density at radius 1 is 1.44 bits per heavy atom. The van der Waals surface area contributed by atoms with E-state index in [9.17, 15) is 8.78 Å². The van der Waals surface area contributed by atoms with E-state index in [1.807, 2.05) is 6.92 Å². The van der Waals surface area contributed by atoms with Crippen LogP contribution in [0.3, 0.4) is 0 Å². The fourth-order valence-corrected chi connectivity index (χ4v) is 1.41. The van der Waals surface area contributed by atoms with Gasteiger partial charge in [-0.2, -0.15) is 9.65 Å². The fraction of sp³-hybridized carbons (Fsp3) is 0.462. The van der Waals surface area contributed by atoms with Crippen LogP contribution in [-0.2, 0) is 0 Å². The van der Waals surface area contributed by atoms with Crippen molar-refractivity contribution in [1.82, 2.24) is 5.32 Å². The van der Waals surface area contributed by atoms with E-state index in [1.54, 1.807) is 0 Å². The Bertz CT molecular complexity index is 418. The summed E-state index contributed by atoms with van der Waals surface area (Å²) in [6.45, 7) is 2.90. The van der Waals surface area contributed by atoms with Crippen LogP contribution in [0.5, 0.6) is 5.75 Å². The maximum absolute atomic E-state index is 13.2. The highest BCUT2D eigenvalue weighted by Crippen LogP contribution is 2.19. The van der Waals surface area contributed by atoms with Crippen LogP contribution in [0.4, 0.5) is 8.78 Å². The molecule has 98 valence electrons. The van der Waals surface area contributed by atoms with Gasteiger partial charge in [0.25, 0.3) is 0 Å². The van der Waals surface area contributed by atoms with E-state index < -0.39 is 11.6 Å². The number of nitrogens with zero attached hydrogens (tertiary/aromatic N) is 1. The Morgan fingerprint density at radius 2 is 2.22 bits per heavy atom. The molecule has 0 radical (unpaired) electrons. The van der Waals surface area contributed by atoms with Crippen LogP contribution >= 0.6 is 0 Å². The zero-order chi connectivity index (χ0) is 13.4. The van der Waals surface area contributed by atoms with Gasteiger partial charge in [0.2, 0.25) is 5.82 Å². The lowest BCUT2D eigenvalue weighted by atomic mass is 10.2. The Balaban J connectivity index is 2.41. The average Bonchev–Trinajstić information content (AvgIpc) is 2.38. The second-order valence-electron chi connectivity index (χ2n) is 3.82. The van der Waals surface area contributed by atoms with E-state index in [0.717, 1.165) is 19.0 Å². The zero-order valence-electron chi connectivity index (χ0n) is 10.2. The highest BCUT2D eigenvalue weighted by atomic mass is 19.2. The Morgan fingerprint density at radius 3 is 2.89 bits per heavy atom. The van der Waals surface area contributed by atoms with Gasteiger partial charge in [0, 0.05) is 6.42 Å². The van der Waals surface area contributed by atoms with Crippen molar-refractivity contribution in [2.45, 2.75) is 25.8 Å². The first kappa shape index (κ1) is 14.4. The third kappa shape index (κ3) is 4.30. The van der Waals surface area contributed by atoms with Crippen molar-refractivity contribution in [3.63, 3.8) is 0 Å². The van der Waals surface area contributed by atoms with Crippen LogP contribution in [0.2, 0.25) is 0 Å². The molecule has 0 aromatic heterocycles. The standard InChI is InChI=1S/C13H16F2N2O/c1-2-7-17-10(9-16)6-8-18-12-5-3-4-11(14)13(12)15/h3-5,10,17H,2,6-8H2,1H3. The zero-order valence-corrected chi connectivity index (χ0v) is 10.2. The molecular formula is C13H16F2N2O. The number of nitrogens with one attached hydrogen (secondary N) is 1. The number of nitriles is 1. The number of ether oxygens (including phenoxy) is 1. The van der Waals surface area contributed by atoms with Gasteiger partial charge in [-0.1, -0.05) is 13.0 Å². The molecule has 0 aliphatic carbocycles. The van der Waals surface area contributed by atoms with E-state index >= 15 is 0 Å². The molecule has 5 heteroatoms. The maximum Gasteiger partial charge on any atom is 0.200 e. The third-order valence-corrected chi connectivity index (χ3v) is 2.38.